The maximum Gasteiger partial charge on any atom is 0.410 e. The van der Waals surface area contributed by atoms with E-state index in [0.717, 1.165) is 12.0 Å². The summed E-state index contributed by atoms with van der Waals surface area (Å²) in [6, 6.07) is 9.70. The topological polar surface area (TPSA) is 49.9 Å². The van der Waals surface area contributed by atoms with Gasteiger partial charge in [0.2, 0.25) is 5.91 Å². The number of amides is 2. The first kappa shape index (κ1) is 14.8. The standard InChI is InChI=1S/C16H19FN2O3/c17-7-9-22-16(21)18-8-6-13-14(18)10-15(20)19(13)11-12-4-2-1-3-5-12/h1-5,13-14H,6-11H2/t13-,14-/m0/s1. The second-order valence-corrected chi connectivity index (χ2v) is 5.63. The zero-order valence-electron chi connectivity index (χ0n) is 12.3. The number of likely N-dealkylation sites (tertiary alicyclic amines) is 2. The van der Waals surface area contributed by atoms with Crippen LogP contribution in [0.25, 0.3) is 0 Å². The van der Waals surface area contributed by atoms with Gasteiger partial charge in [-0.05, 0) is 12.0 Å². The van der Waals surface area contributed by atoms with E-state index >= 15 is 0 Å². The Morgan fingerprint density at radius 3 is 2.77 bits per heavy atom. The molecule has 2 atom stereocenters. The summed E-state index contributed by atoms with van der Waals surface area (Å²) in [6.07, 6.45) is 0.551. The van der Waals surface area contributed by atoms with Crippen LogP contribution in [0.15, 0.2) is 30.3 Å². The molecule has 0 aliphatic carbocycles. The Morgan fingerprint density at radius 1 is 1.27 bits per heavy atom. The van der Waals surface area contributed by atoms with E-state index in [1.807, 2.05) is 35.2 Å². The Labute approximate surface area is 128 Å². The molecule has 0 radical (unpaired) electrons. The zero-order chi connectivity index (χ0) is 15.5. The molecule has 0 saturated carbocycles. The van der Waals surface area contributed by atoms with Crippen LogP contribution in [0.2, 0.25) is 0 Å². The third-order valence-electron chi connectivity index (χ3n) is 4.35. The van der Waals surface area contributed by atoms with Crippen molar-refractivity contribution in [2.24, 2.45) is 0 Å². The van der Waals surface area contributed by atoms with Crippen LogP contribution in [0.1, 0.15) is 18.4 Å². The van der Waals surface area contributed by atoms with Gasteiger partial charge in [-0.15, -0.1) is 0 Å². The summed E-state index contributed by atoms with van der Waals surface area (Å²) in [7, 11) is 0. The Morgan fingerprint density at radius 2 is 2.05 bits per heavy atom. The van der Waals surface area contributed by atoms with Crippen molar-refractivity contribution in [3.8, 4) is 0 Å². The minimum absolute atomic E-state index is 0.0330. The number of carbonyl (C=O) groups excluding carboxylic acids is 2. The van der Waals surface area contributed by atoms with E-state index in [1.54, 1.807) is 4.90 Å². The molecule has 0 bridgehead atoms. The molecular weight excluding hydrogens is 287 g/mol. The Balaban J connectivity index is 1.67. The molecule has 1 aromatic rings. The van der Waals surface area contributed by atoms with Gasteiger partial charge in [0, 0.05) is 19.5 Å². The lowest BCUT2D eigenvalue weighted by Crippen LogP contribution is -2.40. The third kappa shape index (κ3) is 2.77. The van der Waals surface area contributed by atoms with Crippen LogP contribution in [0.3, 0.4) is 0 Å². The summed E-state index contributed by atoms with van der Waals surface area (Å²) in [6.45, 7) is 0.203. The molecule has 0 aromatic heterocycles. The van der Waals surface area contributed by atoms with Crippen molar-refractivity contribution in [3.05, 3.63) is 35.9 Å². The first-order valence-electron chi connectivity index (χ1n) is 7.53. The van der Waals surface area contributed by atoms with Gasteiger partial charge in [-0.1, -0.05) is 30.3 Å². The monoisotopic (exact) mass is 306 g/mol. The molecule has 118 valence electrons. The average Bonchev–Trinajstić information content (AvgIpc) is 3.06. The molecular formula is C16H19FN2O3. The van der Waals surface area contributed by atoms with Crippen LogP contribution in [0, 0.1) is 0 Å². The van der Waals surface area contributed by atoms with E-state index in [0.29, 0.717) is 19.5 Å². The van der Waals surface area contributed by atoms with Crippen LogP contribution in [0.4, 0.5) is 9.18 Å². The maximum absolute atomic E-state index is 12.3. The van der Waals surface area contributed by atoms with Gasteiger partial charge in [0.1, 0.15) is 13.3 Å². The largest absolute Gasteiger partial charge is 0.447 e. The molecule has 22 heavy (non-hydrogen) atoms. The molecule has 3 rings (SSSR count). The lowest BCUT2D eigenvalue weighted by Gasteiger charge is -2.25. The number of benzene rings is 1. The van der Waals surface area contributed by atoms with E-state index < -0.39 is 12.8 Å². The number of halogens is 1. The minimum atomic E-state index is -0.688. The highest BCUT2D eigenvalue weighted by Crippen LogP contribution is 2.33. The van der Waals surface area contributed by atoms with E-state index in [2.05, 4.69) is 0 Å². The van der Waals surface area contributed by atoms with E-state index in [9.17, 15) is 14.0 Å². The third-order valence-corrected chi connectivity index (χ3v) is 4.35. The number of ether oxygens (including phenoxy) is 1. The van der Waals surface area contributed by atoms with Gasteiger partial charge in [-0.2, -0.15) is 0 Å². The van der Waals surface area contributed by atoms with Crippen molar-refractivity contribution < 1.29 is 18.7 Å². The minimum Gasteiger partial charge on any atom is -0.447 e. The number of hydrogen-bond donors (Lipinski definition) is 0. The molecule has 1 aromatic carbocycles. The summed E-state index contributed by atoms with van der Waals surface area (Å²) in [5.74, 6) is 0.0573. The number of alkyl halides is 1. The highest BCUT2D eigenvalue weighted by Gasteiger charge is 2.48. The van der Waals surface area contributed by atoms with E-state index in [-0.39, 0.29) is 24.6 Å². The smallest absolute Gasteiger partial charge is 0.410 e. The number of fused-ring (bicyclic) bond motifs is 1. The zero-order valence-corrected chi connectivity index (χ0v) is 12.3. The fraction of sp³-hybridized carbons (Fsp3) is 0.500. The number of carbonyl (C=O) groups is 2. The fourth-order valence-electron chi connectivity index (χ4n) is 3.35. The summed E-state index contributed by atoms with van der Waals surface area (Å²) in [4.78, 5) is 27.6. The van der Waals surface area contributed by atoms with Gasteiger partial charge in [-0.3, -0.25) is 4.79 Å². The summed E-state index contributed by atoms with van der Waals surface area (Å²) in [5.41, 5.74) is 1.08. The predicted molar refractivity (Wildman–Crippen MR) is 77.8 cm³/mol. The van der Waals surface area contributed by atoms with E-state index in [4.69, 9.17) is 4.74 Å². The molecule has 2 fully saturated rings. The van der Waals surface area contributed by atoms with Crippen LogP contribution in [-0.4, -0.2) is 53.7 Å². The first-order valence-corrected chi connectivity index (χ1v) is 7.53. The second-order valence-electron chi connectivity index (χ2n) is 5.63. The molecule has 2 heterocycles. The van der Waals surface area contributed by atoms with Crippen molar-refractivity contribution in [1.82, 2.24) is 9.80 Å². The summed E-state index contributed by atoms with van der Waals surface area (Å²) >= 11 is 0. The Bertz CT molecular complexity index is 552. The second kappa shape index (κ2) is 6.34. The molecule has 0 N–H and O–H groups in total. The number of nitrogens with zero attached hydrogens (tertiary/aromatic N) is 2. The summed E-state index contributed by atoms with van der Waals surface area (Å²) < 4.78 is 17.0. The Hall–Kier alpha value is -2.11. The maximum atomic E-state index is 12.3. The van der Waals surface area contributed by atoms with Crippen LogP contribution in [-0.2, 0) is 16.1 Å². The van der Waals surface area contributed by atoms with Crippen molar-refractivity contribution in [2.45, 2.75) is 31.5 Å². The highest BCUT2D eigenvalue weighted by atomic mass is 19.1. The van der Waals surface area contributed by atoms with Crippen LogP contribution >= 0.6 is 0 Å². The van der Waals surface area contributed by atoms with Gasteiger partial charge in [-0.25, -0.2) is 9.18 Å². The van der Waals surface area contributed by atoms with Gasteiger partial charge in [0.15, 0.2) is 0 Å². The van der Waals surface area contributed by atoms with Gasteiger partial charge >= 0.3 is 6.09 Å². The number of rotatable bonds is 4. The SMILES string of the molecule is O=C1C[C@H]2[C@H](CCN2C(=O)OCCF)N1Cc1ccccc1. The van der Waals surface area contributed by atoms with Crippen LogP contribution in [0.5, 0.6) is 0 Å². The molecule has 2 saturated heterocycles. The van der Waals surface area contributed by atoms with Crippen molar-refractivity contribution in [2.75, 3.05) is 19.8 Å². The fourth-order valence-corrected chi connectivity index (χ4v) is 3.35. The predicted octanol–water partition coefficient (Wildman–Crippen LogP) is 1.97. The van der Waals surface area contributed by atoms with Crippen LogP contribution < -0.4 is 0 Å². The highest BCUT2D eigenvalue weighted by molar-refractivity contribution is 5.82. The van der Waals surface area contributed by atoms with Crippen molar-refractivity contribution in [1.29, 1.82) is 0 Å². The van der Waals surface area contributed by atoms with Crippen molar-refractivity contribution >= 4 is 12.0 Å². The average molecular weight is 306 g/mol. The number of hydrogen-bond acceptors (Lipinski definition) is 3. The van der Waals surface area contributed by atoms with E-state index in [1.165, 1.54) is 0 Å². The molecule has 0 spiro atoms. The lowest BCUT2D eigenvalue weighted by molar-refractivity contribution is -0.129. The molecule has 5 nitrogen and oxygen atoms in total. The molecule has 2 aliphatic heterocycles. The molecule has 6 heteroatoms. The molecule has 2 aliphatic rings. The van der Waals surface area contributed by atoms with Gasteiger partial charge < -0.3 is 14.5 Å². The quantitative estimate of drug-likeness (QED) is 0.854. The molecule has 2 amide bonds. The van der Waals surface area contributed by atoms with Gasteiger partial charge in [0.25, 0.3) is 0 Å². The van der Waals surface area contributed by atoms with Crippen molar-refractivity contribution in [3.63, 3.8) is 0 Å². The lowest BCUT2D eigenvalue weighted by atomic mass is 10.1. The normalized spacial score (nSPS) is 23.8. The Kier molecular flexibility index (Phi) is 4.27. The first-order chi connectivity index (χ1) is 10.7. The van der Waals surface area contributed by atoms with Gasteiger partial charge in [0.05, 0.1) is 12.1 Å². The molecule has 0 unspecified atom stereocenters. The summed E-state index contributed by atoms with van der Waals surface area (Å²) in [5, 5.41) is 0.